The van der Waals surface area contributed by atoms with Crippen molar-refractivity contribution in [3.8, 4) is 11.5 Å². The Morgan fingerprint density at radius 2 is 1.67 bits per heavy atom. The molecule has 3 aromatic carbocycles. The van der Waals surface area contributed by atoms with Crippen molar-refractivity contribution in [2.45, 2.75) is 24.8 Å². The van der Waals surface area contributed by atoms with Crippen molar-refractivity contribution in [2.24, 2.45) is 0 Å². The van der Waals surface area contributed by atoms with Crippen LogP contribution >= 0.6 is 15.9 Å². The van der Waals surface area contributed by atoms with E-state index in [1.807, 2.05) is 54.6 Å². The standard InChI is InChI=1S/C27H25BrN2O3/c1-32-19-10-7-16(8-11-19)17-13-23-26(24(31)14-17)27(20-15-18(28)9-12-25(20)33-2)30-22-6-4-3-5-21(22)29-23/h3-12,15,17,27,29-30H,13-14H2,1-2H3/t17-,27+/m0/s1. The molecule has 0 spiro atoms. The number of para-hydroxylation sites is 2. The first-order valence-corrected chi connectivity index (χ1v) is 11.7. The zero-order valence-corrected chi connectivity index (χ0v) is 20.1. The molecule has 0 amide bonds. The predicted molar refractivity (Wildman–Crippen MR) is 134 cm³/mol. The lowest BCUT2D eigenvalue weighted by Crippen LogP contribution is -2.27. The number of fused-ring (bicyclic) bond motifs is 1. The predicted octanol–water partition coefficient (Wildman–Crippen LogP) is 6.45. The second-order valence-electron chi connectivity index (χ2n) is 8.33. The third-order valence-electron chi connectivity index (χ3n) is 6.40. The van der Waals surface area contributed by atoms with Crippen molar-refractivity contribution in [3.63, 3.8) is 0 Å². The first-order chi connectivity index (χ1) is 16.1. The minimum absolute atomic E-state index is 0.102. The Morgan fingerprint density at radius 3 is 2.39 bits per heavy atom. The monoisotopic (exact) mass is 504 g/mol. The summed E-state index contributed by atoms with van der Waals surface area (Å²) in [5.74, 6) is 1.79. The number of allylic oxidation sites excluding steroid dienone is 1. The molecular formula is C27H25BrN2O3. The minimum atomic E-state index is -0.326. The topological polar surface area (TPSA) is 59.6 Å². The first-order valence-electron chi connectivity index (χ1n) is 10.9. The summed E-state index contributed by atoms with van der Waals surface area (Å²) in [5.41, 5.74) is 5.70. The first kappa shape index (κ1) is 21.6. The van der Waals surface area contributed by atoms with Crippen LogP contribution in [-0.2, 0) is 4.79 Å². The van der Waals surface area contributed by atoms with Gasteiger partial charge in [-0.2, -0.15) is 0 Å². The third kappa shape index (κ3) is 4.11. The summed E-state index contributed by atoms with van der Waals surface area (Å²) in [6, 6.07) is 21.7. The zero-order chi connectivity index (χ0) is 22.9. The van der Waals surface area contributed by atoms with Gasteiger partial charge in [0.1, 0.15) is 11.5 Å². The van der Waals surface area contributed by atoms with Crippen LogP contribution < -0.4 is 20.1 Å². The molecule has 33 heavy (non-hydrogen) atoms. The van der Waals surface area contributed by atoms with E-state index in [4.69, 9.17) is 9.47 Å². The second-order valence-corrected chi connectivity index (χ2v) is 9.24. The highest BCUT2D eigenvalue weighted by atomic mass is 79.9. The Balaban J connectivity index is 1.61. The van der Waals surface area contributed by atoms with Gasteiger partial charge in [-0.25, -0.2) is 0 Å². The number of halogens is 1. The summed E-state index contributed by atoms with van der Waals surface area (Å²) in [4.78, 5) is 13.7. The average molecular weight is 505 g/mol. The van der Waals surface area contributed by atoms with Crippen LogP contribution in [-0.4, -0.2) is 20.0 Å². The van der Waals surface area contributed by atoms with Gasteiger partial charge in [0.05, 0.1) is 31.6 Å². The maximum atomic E-state index is 13.7. The Morgan fingerprint density at radius 1 is 0.909 bits per heavy atom. The van der Waals surface area contributed by atoms with Gasteiger partial charge in [-0.1, -0.05) is 40.2 Å². The maximum Gasteiger partial charge on any atom is 0.163 e. The van der Waals surface area contributed by atoms with E-state index in [9.17, 15) is 4.79 Å². The van der Waals surface area contributed by atoms with Gasteiger partial charge in [0.2, 0.25) is 0 Å². The number of hydrogen-bond acceptors (Lipinski definition) is 5. The van der Waals surface area contributed by atoms with Gasteiger partial charge in [0.25, 0.3) is 0 Å². The minimum Gasteiger partial charge on any atom is -0.497 e. The molecule has 1 aliphatic carbocycles. The Bertz CT molecular complexity index is 1240. The SMILES string of the molecule is COc1ccc([C@@H]2CC(=O)C3=C(C2)Nc2ccccc2N[C@@H]3c2cc(Br)ccc2OC)cc1. The Kier molecular flexibility index (Phi) is 5.85. The van der Waals surface area contributed by atoms with Crippen molar-refractivity contribution in [1.82, 2.24) is 0 Å². The van der Waals surface area contributed by atoms with Gasteiger partial charge in [0, 0.05) is 27.7 Å². The van der Waals surface area contributed by atoms with Crippen LogP contribution in [0.1, 0.15) is 35.9 Å². The zero-order valence-electron chi connectivity index (χ0n) is 18.5. The van der Waals surface area contributed by atoms with E-state index in [-0.39, 0.29) is 17.7 Å². The number of ether oxygens (including phenoxy) is 2. The number of nitrogens with one attached hydrogen (secondary N) is 2. The molecule has 0 saturated heterocycles. The maximum absolute atomic E-state index is 13.7. The summed E-state index contributed by atoms with van der Waals surface area (Å²) in [6.45, 7) is 0. The van der Waals surface area contributed by atoms with Crippen LogP contribution in [0.4, 0.5) is 11.4 Å². The highest BCUT2D eigenvalue weighted by Crippen LogP contribution is 2.46. The molecule has 5 nitrogen and oxygen atoms in total. The number of carbonyl (C=O) groups excluding carboxylic acids is 1. The van der Waals surface area contributed by atoms with Crippen molar-refractivity contribution >= 4 is 33.1 Å². The molecule has 0 aromatic heterocycles. The van der Waals surface area contributed by atoms with Gasteiger partial charge >= 0.3 is 0 Å². The summed E-state index contributed by atoms with van der Waals surface area (Å²) in [7, 11) is 3.32. The number of anilines is 2. The molecule has 0 saturated carbocycles. The molecule has 0 unspecified atom stereocenters. The van der Waals surface area contributed by atoms with Crippen LogP contribution in [0.25, 0.3) is 0 Å². The van der Waals surface area contributed by atoms with E-state index < -0.39 is 0 Å². The highest BCUT2D eigenvalue weighted by Gasteiger charge is 2.37. The van der Waals surface area contributed by atoms with Crippen molar-refractivity contribution in [1.29, 1.82) is 0 Å². The summed E-state index contributed by atoms with van der Waals surface area (Å²) in [6.07, 6.45) is 1.20. The van der Waals surface area contributed by atoms with Crippen molar-refractivity contribution < 1.29 is 14.3 Å². The largest absolute Gasteiger partial charge is 0.497 e. The summed E-state index contributed by atoms with van der Waals surface area (Å²) >= 11 is 3.59. The van der Waals surface area contributed by atoms with Gasteiger partial charge in [-0.15, -0.1) is 0 Å². The molecule has 2 atom stereocenters. The smallest absolute Gasteiger partial charge is 0.163 e. The fraction of sp³-hybridized carbons (Fsp3) is 0.222. The molecule has 0 radical (unpaired) electrons. The Labute approximate surface area is 201 Å². The molecule has 2 aliphatic rings. The van der Waals surface area contributed by atoms with Crippen LogP contribution in [0.15, 0.2) is 82.5 Å². The summed E-state index contributed by atoms with van der Waals surface area (Å²) in [5, 5.41) is 7.20. The number of Topliss-reactive ketones (excluding diaryl/α,β-unsaturated/α-hetero) is 1. The number of carbonyl (C=O) groups is 1. The van der Waals surface area contributed by atoms with Gasteiger partial charge in [-0.05, 0) is 60.4 Å². The van der Waals surface area contributed by atoms with Crippen molar-refractivity contribution in [2.75, 3.05) is 24.9 Å². The molecule has 1 aliphatic heterocycles. The molecule has 0 bridgehead atoms. The number of ketones is 1. The van der Waals surface area contributed by atoms with E-state index in [1.54, 1.807) is 14.2 Å². The molecule has 6 heteroatoms. The van der Waals surface area contributed by atoms with Crippen LogP contribution in [0.3, 0.4) is 0 Å². The van der Waals surface area contributed by atoms with E-state index in [0.717, 1.165) is 56.2 Å². The molecule has 168 valence electrons. The van der Waals surface area contributed by atoms with E-state index in [1.165, 1.54) is 0 Å². The molecule has 1 heterocycles. The lowest BCUT2D eigenvalue weighted by atomic mass is 9.78. The lowest BCUT2D eigenvalue weighted by Gasteiger charge is -2.30. The second kappa shape index (κ2) is 8.94. The molecular weight excluding hydrogens is 480 g/mol. The molecule has 3 aromatic rings. The van der Waals surface area contributed by atoms with E-state index >= 15 is 0 Å². The third-order valence-corrected chi connectivity index (χ3v) is 6.89. The normalized spacial score (nSPS) is 19.5. The van der Waals surface area contributed by atoms with Crippen LogP contribution in [0.5, 0.6) is 11.5 Å². The van der Waals surface area contributed by atoms with Crippen molar-refractivity contribution in [3.05, 3.63) is 93.6 Å². The number of benzene rings is 3. The van der Waals surface area contributed by atoms with Gasteiger partial charge in [0.15, 0.2) is 5.78 Å². The van der Waals surface area contributed by atoms with E-state index in [0.29, 0.717) is 6.42 Å². The fourth-order valence-electron chi connectivity index (χ4n) is 4.77. The quantitative estimate of drug-likeness (QED) is 0.427. The van der Waals surface area contributed by atoms with Gasteiger partial charge < -0.3 is 20.1 Å². The number of rotatable bonds is 4. The summed E-state index contributed by atoms with van der Waals surface area (Å²) < 4.78 is 11.9. The molecule has 2 N–H and O–H groups in total. The molecule has 5 rings (SSSR count). The highest BCUT2D eigenvalue weighted by molar-refractivity contribution is 9.10. The number of hydrogen-bond donors (Lipinski definition) is 2. The van der Waals surface area contributed by atoms with Gasteiger partial charge in [-0.3, -0.25) is 4.79 Å². The Hall–Kier alpha value is -3.25. The van der Waals surface area contributed by atoms with Crippen LogP contribution in [0, 0.1) is 0 Å². The fourth-order valence-corrected chi connectivity index (χ4v) is 5.15. The molecule has 0 fully saturated rings. The van der Waals surface area contributed by atoms with Crippen LogP contribution in [0.2, 0.25) is 0 Å². The number of methoxy groups -OCH3 is 2. The van der Waals surface area contributed by atoms with E-state index in [2.05, 4.69) is 38.7 Å². The average Bonchev–Trinajstić information content (AvgIpc) is 3.01. The lowest BCUT2D eigenvalue weighted by molar-refractivity contribution is -0.116.